The van der Waals surface area contributed by atoms with Crippen LogP contribution in [0.5, 0.6) is 0 Å². The molecule has 0 saturated carbocycles. The Kier molecular flexibility index (Phi) is 5.21. The van der Waals surface area contributed by atoms with Crippen molar-refractivity contribution in [2.75, 3.05) is 13.2 Å². The first-order chi connectivity index (χ1) is 8.40. The molecule has 6 nitrogen and oxygen atoms in total. The highest BCUT2D eigenvalue weighted by molar-refractivity contribution is 9.10. The number of hydrogen-bond donors (Lipinski definition) is 3. The van der Waals surface area contributed by atoms with E-state index in [2.05, 4.69) is 21.2 Å². The van der Waals surface area contributed by atoms with E-state index in [0.717, 1.165) is 0 Å². The van der Waals surface area contributed by atoms with E-state index in [9.17, 15) is 10.1 Å². The molecule has 0 aromatic heterocycles. The molecule has 7 heteroatoms. The smallest absolute Gasteiger partial charge is 0.270 e. The monoisotopic (exact) mass is 318 g/mol. The molecule has 0 fully saturated rings. The van der Waals surface area contributed by atoms with Gasteiger partial charge in [0, 0.05) is 23.2 Å². The second kappa shape index (κ2) is 6.24. The maximum absolute atomic E-state index is 10.7. The molecule has 18 heavy (non-hydrogen) atoms. The van der Waals surface area contributed by atoms with Crippen molar-refractivity contribution in [1.82, 2.24) is 5.32 Å². The fraction of sp³-hybridized carbons (Fsp3) is 0.455. The van der Waals surface area contributed by atoms with E-state index >= 15 is 0 Å². The molecule has 0 atom stereocenters. The molecular formula is C11H15BrN2O4. The van der Waals surface area contributed by atoms with Crippen molar-refractivity contribution in [2.45, 2.75) is 19.0 Å². The first-order valence-corrected chi connectivity index (χ1v) is 6.10. The van der Waals surface area contributed by atoms with Gasteiger partial charge in [0.15, 0.2) is 0 Å². The van der Waals surface area contributed by atoms with Crippen LogP contribution < -0.4 is 5.32 Å². The highest BCUT2D eigenvalue weighted by Gasteiger charge is 2.21. The summed E-state index contributed by atoms with van der Waals surface area (Å²) in [6, 6.07) is 4.61. The maximum Gasteiger partial charge on any atom is 0.270 e. The molecule has 0 aliphatic heterocycles. The SMILES string of the molecule is CC(CO)(CO)NCc1cc(Br)cc([N+](=O)[O-])c1. The Hall–Kier alpha value is -1.02. The third-order valence-electron chi connectivity index (χ3n) is 2.57. The van der Waals surface area contributed by atoms with Gasteiger partial charge in [0.05, 0.1) is 23.7 Å². The van der Waals surface area contributed by atoms with Crippen LogP contribution in [0.2, 0.25) is 0 Å². The molecule has 100 valence electrons. The molecule has 0 spiro atoms. The van der Waals surface area contributed by atoms with Crippen molar-refractivity contribution in [2.24, 2.45) is 0 Å². The summed E-state index contributed by atoms with van der Waals surface area (Å²) in [4.78, 5) is 10.2. The fourth-order valence-electron chi connectivity index (χ4n) is 1.32. The Morgan fingerprint density at radius 2 is 2.00 bits per heavy atom. The summed E-state index contributed by atoms with van der Waals surface area (Å²) in [6.45, 7) is 1.54. The first kappa shape index (κ1) is 15.0. The number of rotatable bonds is 6. The lowest BCUT2D eigenvalue weighted by Crippen LogP contribution is -2.48. The van der Waals surface area contributed by atoms with E-state index in [4.69, 9.17) is 10.2 Å². The second-order valence-corrected chi connectivity index (χ2v) is 5.22. The molecule has 3 N–H and O–H groups in total. The molecule has 0 aliphatic rings. The van der Waals surface area contributed by atoms with Crippen LogP contribution in [0.3, 0.4) is 0 Å². The molecule has 0 bridgehead atoms. The molecule has 0 amide bonds. The van der Waals surface area contributed by atoms with Crippen LogP contribution in [0.1, 0.15) is 12.5 Å². The van der Waals surface area contributed by atoms with Gasteiger partial charge in [-0.1, -0.05) is 15.9 Å². The van der Waals surface area contributed by atoms with E-state index in [1.165, 1.54) is 12.1 Å². The van der Waals surface area contributed by atoms with Crippen molar-refractivity contribution in [3.63, 3.8) is 0 Å². The van der Waals surface area contributed by atoms with Gasteiger partial charge in [0.1, 0.15) is 0 Å². The van der Waals surface area contributed by atoms with Crippen LogP contribution in [0.4, 0.5) is 5.69 Å². The maximum atomic E-state index is 10.7. The van der Waals surface area contributed by atoms with Crippen LogP contribution in [0.15, 0.2) is 22.7 Å². The Morgan fingerprint density at radius 1 is 1.39 bits per heavy atom. The fourth-order valence-corrected chi connectivity index (χ4v) is 1.85. The molecular weight excluding hydrogens is 304 g/mol. The van der Waals surface area contributed by atoms with Gasteiger partial charge in [-0.3, -0.25) is 10.1 Å². The van der Waals surface area contributed by atoms with Crippen LogP contribution >= 0.6 is 15.9 Å². The molecule has 0 aliphatic carbocycles. The number of benzene rings is 1. The molecule has 1 aromatic rings. The van der Waals surface area contributed by atoms with Gasteiger partial charge >= 0.3 is 0 Å². The standard InChI is InChI=1S/C11H15BrN2O4/c1-11(6-15,7-16)13-5-8-2-9(12)4-10(3-8)14(17)18/h2-4,13,15-16H,5-7H2,1H3. The van der Waals surface area contributed by atoms with E-state index in [1.54, 1.807) is 13.0 Å². The number of nitrogens with one attached hydrogen (secondary N) is 1. The normalized spacial score (nSPS) is 11.6. The van der Waals surface area contributed by atoms with Crippen LogP contribution in [0, 0.1) is 10.1 Å². The topological polar surface area (TPSA) is 95.6 Å². The Labute approximate surface area is 113 Å². The number of hydrogen-bond acceptors (Lipinski definition) is 5. The van der Waals surface area contributed by atoms with Crippen LogP contribution in [-0.4, -0.2) is 33.9 Å². The van der Waals surface area contributed by atoms with E-state index in [-0.39, 0.29) is 18.9 Å². The molecule has 0 radical (unpaired) electrons. The average Bonchev–Trinajstić information content (AvgIpc) is 2.35. The average molecular weight is 319 g/mol. The predicted octanol–water partition coefficient (Wildman–Crippen LogP) is 1.19. The predicted molar refractivity (Wildman–Crippen MR) is 70.2 cm³/mol. The summed E-state index contributed by atoms with van der Waals surface area (Å²) in [6.07, 6.45) is 0. The van der Waals surface area contributed by atoms with Gasteiger partial charge in [-0.25, -0.2) is 0 Å². The minimum atomic E-state index is -0.808. The van der Waals surface area contributed by atoms with E-state index < -0.39 is 10.5 Å². The van der Waals surface area contributed by atoms with Gasteiger partial charge in [-0.05, 0) is 18.6 Å². The quantitative estimate of drug-likeness (QED) is 0.541. The zero-order valence-corrected chi connectivity index (χ0v) is 11.5. The third-order valence-corrected chi connectivity index (χ3v) is 3.03. The van der Waals surface area contributed by atoms with Crippen molar-refractivity contribution in [3.05, 3.63) is 38.3 Å². The number of aliphatic hydroxyl groups is 2. The number of nitrogens with zero attached hydrogens (tertiary/aromatic N) is 1. The van der Waals surface area contributed by atoms with Crippen LogP contribution in [0.25, 0.3) is 0 Å². The summed E-state index contributed by atoms with van der Waals surface area (Å²) in [5, 5.41) is 31.9. The molecule has 1 rings (SSSR count). The molecule has 0 heterocycles. The highest BCUT2D eigenvalue weighted by atomic mass is 79.9. The number of nitro groups is 1. The zero-order valence-electron chi connectivity index (χ0n) is 9.89. The summed E-state index contributed by atoms with van der Waals surface area (Å²) < 4.78 is 0.614. The lowest BCUT2D eigenvalue weighted by molar-refractivity contribution is -0.385. The summed E-state index contributed by atoms with van der Waals surface area (Å²) >= 11 is 3.20. The van der Waals surface area contributed by atoms with Crippen molar-refractivity contribution in [3.8, 4) is 0 Å². The summed E-state index contributed by atoms with van der Waals surface area (Å²) in [5.41, 5.74) is -0.114. The minimum absolute atomic E-state index is 0.00382. The summed E-state index contributed by atoms with van der Waals surface area (Å²) in [7, 11) is 0. The number of halogens is 1. The van der Waals surface area contributed by atoms with Gasteiger partial charge in [-0.15, -0.1) is 0 Å². The Bertz CT molecular complexity index is 435. The highest BCUT2D eigenvalue weighted by Crippen LogP contribution is 2.21. The van der Waals surface area contributed by atoms with Crippen LogP contribution in [-0.2, 0) is 6.54 Å². The number of nitro benzene ring substituents is 1. The lowest BCUT2D eigenvalue weighted by Gasteiger charge is -2.26. The van der Waals surface area contributed by atoms with Crippen molar-refractivity contribution in [1.29, 1.82) is 0 Å². The second-order valence-electron chi connectivity index (χ2n) is 4.31. The van der Waals surface area contributed by atoms with Gasteiger partial charge in [0.25, 0.3) is 5.69 Å². The van der Waals surface area contributed by atoms with Crippen molar-refractivity contribution >= 4 is 21.6 Å². The first-order valence-electron chi connectivity index (χ1n) is 5.31. The zero-order chi connectivity index (χ0) is 13.8. The van der Waals surface area contributed by atoms with Gasteiger partial charge in [-0.2, -0.15) is 0 Å². The molecule has 1 aromatic carbocycles. The minimum Gasteiger partial charge on any atom is -0.394 e. The lowest BCUT2D eigenvalue weighted by atomic mass is 10.0. The third kappa shape index (κ3) is 4.02. The number of aliphatic hydroxyl groups excluding tert-OH is 2. The summed E-state index contributed by atoms with van der Waals surface area (Å²) in [5.74, 6) is 0. The van der Waals surface area contributed by atoms with Crippen molar-refractivity contribution < 1.29 is 15.1 Å². The van der Waals surface area contributed by atoms with E-state index in [0.29, 0.717) is 16.6 Å². The molecule has 0 saturated heterocycles. The largest absolute Gasteiger partial charge is 0.394 e. The molecule has 0 unspecified atom stereocenters. The number of non-ortho nitro benzene ring substituents is 1. The Balaban J connectivity index is 2.82. The van der Waals surface area contributed by atoms with Gasteiger partial charge < -0.3 is 15.5 Å². The Morgan fingerprint density at radius 3 is 2.50 bits per heavy atom. The van der Waals surface area contributed by atoms with Gasteiger partial charge in [0.2, 0.25) is 0 Å². The van der Waals surface area contributed by atoms with E-state index in [1.807, 2.05) is 0 Å².